The minimum absolute atomic E-state index is 0.0400. The molecule has 0 aliphatic rings. The van der Waals surface area contributed by atoms with Gasteiger partial charge in [0, 0.05) is 17.2 Å². The fourth-order valence-corrected chi connectivity index (χ4v) is 2.33. The molecule has 6 heteroatoms. The van der Waals surface area contributed by atoms with E-state index in [9.17, 15) is 10.1 Å². The van der Waals surface area contributed by atoms with Gasteiger partial charge in [-0.3, -0.25) is 10.1 Å². The highest BCUT2D eigenvalue weighted by Crippen LogP contribution is 2.33. The van der Waals surface area contributed by atoms with Gasteiger partial charge in [0.1, 0.15) is 23.1 Å². The Kier molecular flexibility index (Phi) is 4.10. The average molecular weight is 303 g/mol. The Bertz CT molecular complexity index is 743. The highest BCUT2D eigenvalue weighted by Gasteiger charge is 2.15. The molecule has 0 aliphatic carbocycles. The lowest BCUT2D eigenvalue weighted by molar-refractivity contribution is -0.385. The Labute approximate surface area is 126 Å². The van der Waals surface area contributed by atoms with Gasteiger partial charge >= 0.3 is 0 Å². The van der Waals surface area contributed by atoms with Gasteiger partial charge in [0.15, 0.2) is 0 Å². The van der Waals surface area contributed by atoms with Gasteiger partial charge in [0.2, 0.25) is 0 Å². The van der Waals surface area contributed by atoms with Crippen molar-refractivity contribution in [3.8, 4) is 17.6 Å². The van der Waals surface area contributed by atoms with Gasteiger partial charge in [-0.05, 0) is 43.2 Å². The minimum atomic E-state index is -0.596. The van der Waals surface area contributed by atoms with Crippen LogP contribution in [0.4, 0.5) is 5.69 Å². The molecule has 0 atom stereocenters. The van der Waals surface area contributed by atoms with Crippen LogP contribution in [0.25, 0.3) is 0 Å². The van der Waals surface area contributed by atoms with Crippen LogP contribution in [0, 0.1) is 35.3 Å². The third kappa shape index (κ3) is 3.12. The van der Waals surface area contributed by atoms with Gasteiger partial charge in [-0.1, -0.05) is 11.6 Å². The van der Waals surface area contributed by atoms with Gasteiger partial charge in [0.05, 0.1) is 4.92 Å². The van der Waals surface area contributed by atoms with Crippen molar-refractivity contribution >= 4 is 17.3 Å². The van der Waals surface area contributed by atoms with Crippen LogP contribution in [0.1, 0.15) is 16.7 Å². The highest BCUT2D eigenvalue weighted by atomic mass is 35.5. The first-order valence-corrected chi connectivity index (χ1v) is 6.43. The predicted molar refractivity (Wildman–Crippen MR) is 78.8 cm³/mol. The summed E-state index contributed by atoms with van der Waals surface area (Å²) in [5.74, 6) is 0.989. The Morgan fingerprint density at radius 1 is 1.24 bits per heavy atom. The van der Waals surface area contributed by atoms with Crippen LogP contribution in [0.2, 0.25) is 5.02 Å². The van der Waals surface area contributed by atoms with Crippen LogP contribution in [0.3, 0.4) is 0 Å². The normalized spacial score (nSPS) is 10.0. The number of aryl methyl sites for hydroxylation is 2. The topological polar surface area (TPSA) is 76.2 Å². The molecule has 2 rings (SSSR count). The Morgan fingerprint density at radius 3 is 2.38 bits per heavy atom. The molecule has 0 saturated heterocycles. The second-order valence-corrected chi connectivity index (χ2v) is 4.96. The first-order valence-electron chi connectivity index (χ1n) is 6.05. The van der Waals surface area contributed by atoms with Crippen LogP contribution in [0.15, 0.2) is 30.3 Å². The molecule has 0 aromatic heterocycles. The van der Waals surface area contributed by atoms with E-state index in [1.807, 2.05) is 13.8 Å². The number of nitro groups is 1. The maximum Gasteiger partial charge on any atom is 0.287 e. The number of rotatable bonds is 3. The number of nitro benzene ring substituents is 1. The molecule has 0 unspecified atom stereocenters. The Morgan fingerprint density at radius 2 is 1.86 bits per heavy atom. The van der Waals surface area contributed by atoms with Crippen molar-refractivity contribution in [2.45, 2.75) is 13.8 Å². The van der Waals surface area contributed by atoms with E-state index in [2.05, 4.69) is 0 Å². The van der Waals surface area contributed by atoms with Crippen molar-refractivity contribution in [2.75, 3.05) is 0 Å². The molecule has 21 heavy (non-hydrogen) atoms. The lowest BCUT2D eigenvalue weighted by atomic mass is 10.1. The molecule has 0 bridgehead atoms. The maximum atomic E-state index is 10.8. The first kappa shape index (κ1) is 14.8. The molecule has 0 saturated carbocycles. The van der Waals surface area contributed by atoms with Crippen molar-refractivity contribution in [3.63, 3.8) is 0 Å². The zero-order chi connectivity index (χ0) is 15.6. The number of halogens is 1. The highest BCUT2D eigenvalue weighted by molar-refractivity contribution is 6.30. The summed E-state index contributed by atoms with van der Waals surface area (Å²) >= 11 is 5.95. The molecule has 0 fully saturated rings. The summed E-state index contributed by atoms with van der Waals surface area (Å²) in [7, 11) is 0. The second-order valence-electron chi connectivity index (χ2n) is 4.52. The Hall–Kier alpha value is -2.58. The van der Waals surface area contributed by atoms with Gasteiger partial charge in [0.25, 0.3) is 5.69 Å². The number of benzene rings is 2. The summed E-state index contributed by atoms with van der Waals surface area (Å²) in [4.78, 5) is 10.2. The third-order valence-electron chi connectivity index (χ3n) is 2.93. The van der Waals surface area contributed by atoms with E-state index in [-0.39, 0.29) is 11.3 Å². The molecule has 2 aromatic rings. The quantitative estimate of drug-likeness (QED) is 0.616. The van der Waals surface area contributed by atoms with Gasteiger partial charge in [-0.25, -0.2) is 0 Å². The van der Waals surface area contributed by atoms with Gasteiger partial charge < -0.3 is 4.74 Å². The first-order chi connectivity index (χ1) is 9.92. The average Bonchev–Trinajstić information content (AvgIpc) is 2.42. The summed E-state index contributed by atoms with van der Waals surface area (Å²) in [5.41, 5.74) is 1.41. The zero-order valence-corrected chi connectivity index (χ0v) is 12.1. The van der Waals surface area contributed by atoms with E-state index >= 15 is 0 Å². The number of hydrogen-bond acceptors (Lipinski definition) is 4. The van der Waals surface area contributed by atoms with Crippen LogP contribution < -0.4 is 4.74 Å². The minimum Gasteiger partial charge on any atom is -0.457 e. The largest absolute Gasteiger partial charge is 0.457 e. The van der Waals surface area contributed by atoms with Crippen LogP contribution in [0.5, 0.6) is 11.5 Å². The maximum absolute atomic E-state index is 10.8. The van der Waals surface area contributed by atoms with Crippen LogP contribution in [-0.4, -0.2) is 4.92 Å². The SMILES string of the molecule is Cc1cc(Cl)cc(C)c1Oc1ccc([N+](=O)[O-])c(C#N)c1. The van der Waals surface area contributed by atoms with Crippen molar-refractivity contribution in [3.05, 3.63) is 62.2 Å². The van der Waals surface area contributed by atoms with E-state index in [1.165, 1.54) is 18.2 Å². The second kappa shape index (κ2) is 5.81. The number of hydrogen-bond donors (Lipinski definition) is 0. The van der Waals surface area contributed by atoms with Crippen LogP contribution in [-0.2, 0) is 0 Å². The predicted octanol–water partition coefficient (Wildman–Crippen LogP) is 4.53. The standard InChI is InChI=1S/C15H11ClN2O3/c1-9-5-12(16)6-10(2)15(9)21-13-3-4-14(18(19)20)11(7-13)8-17/h3-7H,1-2H3. The van der Waals surface area contributed by atoms with Crippen molar-refractivity contribution in [1.29, 1.82) is 5.26 Å². The molecular weight excluding hydrogens is 292 g/mol. The summed E-state index contributed by atoms with van der Waals surface area (Å²) in [6, 6.07) is 9.40. The van der Waals surface area contributed by atoms with Gasteiger partial charge in [-0.2, -0.15) is 5.26 Å². The molecule has 0 spiro atoms. The summed E-state index contributed by atoms with van der Waals surface area (Å²) in [6.45, 7) is 3.70. The molecular formula is C15H11ClN2O3. The number of nitrogens with zero attached hydrogens (tertiary/aromatic N) is 2. The van der Waals surface area contributed by atoms with E-state index in [1.54, 1.807) is 18.2 Å². The summed E-state index contributed by atoms with van der Waals surface area (Å²) < 4.78 is 5.74. The van der Waals surface area contributed by atoms with Gasteiger partial charge in [-0.15, -0.1) is 0 Å². The fourth-order valence-electron chi connectivity index (χ4n) is 2.00. The molecule has 2 aromatic carbocycles. The van der Waals surface area contributed by atoms with E-state index < -0.39 is 4.92 Å². The van der Waals surface area contributed by atoms with E-state index in [0.29, 0.717) is 16.5 Å². The van der Waals surface area contributed by atoms with E-state index in [4.69, 9.17) is 21.6 Å². The van der Waals surface area contributed by atoms with Crippen molar-refractivity contribution < 1.29 is 9.66 Å². The summed E-state index contributed by atoms with van der Waals surface area (Å²) in [6.07, 6.45) is 0. The fraction of sp³-hybridized carbons (Fsp3) is 0.133. The molecule has 0 radical (unpaired) electrons. The monoisotopic (exact) mass is 302 g/mol. The zero-order valence-electron chi connectivity index (χ0n) is 11.4. The third-order valence-corrected chi connectivity index (χ3v) is 3.15. The lowest BCUT2D eigenvalue weighted by Crippen LogP contribution is -1.95. The van der Waals surface area contributed by atoms with E-state index in [0.717, 1.165) is 11.1 Å². The molecule has 0 N–H and O–H groups in total. The van der Waals surface area contributed by atoms with Crippen LogP contribution >= 0.6 is 11.6 Å². The summed E-state index contributed by atoms with van der Waals surface area (Å²) in [5, 5.41) is 20.4. The lowest BCUT2D eigenvalue weighted by Gasteiger charge is -2.12. The smallest absolute Gasteiger partial charge is 0.287 e. The number of nitriles is 1. The van der Waals surface area contributed by atoms with Crippen molar-refractivity contribution in [1.82, 2.24) is 0 Å². The van der Waals surface area contributed by atoms with Crippen molar-refractivity contribution in [2.24, 2.45) is 0 Å². The molecule has 5 nitrogen and oxygen atoms in total. The molecule has 0 aliphatic heterocycles. The molecule has 106 valence electrons. The molecule has 0 amide bonds. The molecule has 0 heterocycles. The number of ether oxygens (including phenoxy) is 1. The Balaban J connectivity index is 2.42.